The molecule has 1 aliphatic heterocycles. The van der Waals surface area contributed by atoms with E-state index < -0.39 is 34.6 Å². The zero-order valence-electron chi connectivity index (χ0n) is 16.4. The van der Waals surface area contributed by atoms with Crippen LogP contribution in [0.15, 0.2) is 48.8 Å². The molecule has 1 aromatic carbocycles. The topological polar surface area (TPSA) is 76.1 Å². The van der Waals surface area contributed by atoms with Crippen LogP contribution in [0.5, 0.6) is 5.75 Å². The average Bonchev–Trinajstić information content (AvgIpc) is 2.77. The third kappa shape index (κ3) is 4.66. The van der Waals surface area contributed by atoms with Crippen molar-refractivity contribution in [3.63, 3.8) is 0 Å². The lowest BCUT2D eigenvalue weighted by Crippen LogP contribution is -2.34. The molecule has 0 saturated carbocycles. The molecule has 3 heterocycles. The minimum absolute atomic E-state index is 0.00104. The van der Waals surface area contributed by atoms with Crippen molar-refractivity contribution < 1.29 is 22.7 Å². The Morgan fingerprint density at radius 1 is 1.03 bits per heavy atom. The van der Waals surface area contributed by atoms with Gasteiger partial charge in [-0.05, 0) is 50.2 Å². The molecule has 6 nitrogen and oxygen atoms in total. The van der Waals surface area contributed by atoms with Gasteiger partial charge in [-0.15, -0.1) is 0 Å². The quantitative estimate of drug-likeness (QED) is 0.644. The third-order valence-electron chi connectivity index (χ3n) is 4.89. The summed E-state index contributed by atoms with van der Waals surface area (Å²) in [7, 11) is 0. The van der Waals surface area contributed by atoms with Crippen LogP contribution in [0, 0.1) is 17.5 Å². The first-order chi connectivity index (χ1) is 15.0. The fourth-order valence-electron chi connectivity index (χ4n) is 3.33. The van der Waals surface area contributed by atoms with E-state index in [2.05, 4.69) is 20.6 Å². The highest BCUT2D eigenvalue weighted by molar-refractivity contribution is 6.03. The van der Waals surface area contributed by atoms with Crippen LogP contribution < -0.4 is 15.4 Å². The lowest BCUT2D eigenvalue weighted by Gasteiger charge is -2.24. The Hall–Kier alpha value is -3.46. The standard InChI is InChI=1S/C22H19F3N4O2/c23-14-2-1-3-15(24)20(14)21-16(25)4-5-17(28-21)22(30)29-18-12-27-11-8-19(18)31-13-6-9-26-10-7-13/h1-5,8,11-13,26H,6-7,9-10H2,(H,29,30). The summed E-state index contributed by atoms with van der Waals surface area (Å²) in [6.45, 7) is 1.68. The molecule has 2 N–H and O–H groups in total. The Morgan fingerprint density at radius 3 is 2.52 bits per heavy atom. The molecule has 3 aromatic rings. The largest absolute Gasteiger partial charge is 0.488 e. The van der Waals surface area contributed by atoms with Crippen molar-refractivity contribution in [3.05, 3.63) is 71.9 Å². The maximum atomic E-state index is 14.3. The summed E-state index contributed by atoms with van der Waals surface area (Å²) in [5.41, 5.74) is -1.11. The van der Waals surface area contributed by atoms with Crippen molar-refractivity contribution in [1.82, 2.24) is 15.3 Å². The van der Waals surface area contributed by atoms with Gasteiger partial charge in [-0.25, -0.2) is 18.2 Å². The van der Waals surface area contributed by atoms with Crippen LogP contribution in [0.25, 0.3) is 11.3 Å². The smallest absolute Gasteiger partial charge is 0.274 e. The van der Waals surface area contributed by atoms with Crippen molar-refractivity contribution in [2.24, 2.45) is 0 Å². The van der Waals surface area contributed by atoms with Gasteiger partial charge < -0.3 is 15.4 Å². The number of halogens is 3. The van der Waals surface area contributed by atoms with Crippen molar-refractivity contribution in [2.75, 3.05) is 18.4 Å². The maximum Gasteiger partial charge on any atom is 0.274 e. The number of amides is 1. The van der Waals surface area contributed by atoms with Crippen molar-refractivity contribution in [3.8, 4) is 17.0 Å². The molecule has 0 aliphatic carbocycles. The zero-order valence-corrected chi connectivity index (χ0v) is 16.4. The van der Waals surface area contributed by atoms with E-state index in [0.29, 0.717) is 11.4 Å². The second-order valence-corrected chi connectivity index (χ2v) is 7.02. The summed E-state index contributed by atoms with van der Waals surface area (Å²) in [5, 5.41) is 5.87. The molecule has 1 amide bonds. The third-order valence-corrected chi connectivity index (χ3v) is 4.89. The molecule has 2 aromatic heterocycles. The molecular weight excluding hydrogens is 409 g/mol. The number of pyridine rings is 2. The minimum Gasteiger partial charge on any atom is -0.488 e. The molecule has 0 radical (unpaired) electrons. The normalized spacial score (nSPS) is 14.3. The molecule has 1 aliphatic rings. The summed E-state index contributed by atoms with van der Waals surface area (Å²) in [5.74, 6) is -3.15. The van der Waals surface area contributed by atoms with Gasteiger partial charge in [0.25, 0.3) is 5.91 Å². The number of carbonyl (C=O) groups is 1. The van der Waals surface area contributed by atoms with Crippen LogP contribution in [0.4, 0.5) is 18.9 Å². The summed E-state index contributed by atoms with van der Waals surface area (Å²) < 4.78 is 48.4. The van der Waals surface area contributed by atoms with Crippen molar-refractivity contribution in [1.29, 1.82) is 0 Å². The molecule has 4 rings (SSSR count). The number of aromatic nitrogens is 2. The first-order valence-electron chi connectivity index (χ1n) is 9.76. The van der Waals surface area contributed by atoms with E-state index in [1.807, 2.05) is 0 Å². The zero-order chi connectivity index (χ0) is 21.8. The molecule has 0 bridgehead atoms. The summed E-state index contributed by atoms with van der Waals surface area (Å²) in [6, 6.07) is 6.86. The molecule has 1 fully saturated rings. The van der Waals surface area contributed by atoms with Gasteiger partial charge in [0.05, 0.1) is 11.8 Å². The van der Waals surface area contributed by atoms with Crippen molar-refractivity contribution in [2.45, 2.75) is 18.9 Å². The highest BCUT2D eigenvalue weighted by atomic mass is 19.1. The Morgan fingerprint density at radius 2 is 1.77 bits per heavy atom. The predicted molar refractivity (Wildman–Crippen MR) is 108 cm³/mol. The fourth-order valence-corrected chi connectivity index (χ4v) is 3.33. The molecular formula is C22H19F3N4O2. The van der Waals surface area contributed by atoms with E-state index in [-0.39, 0.29) is 11.8 Å². The first kappa shape index (κ1) is 20.8. The molecule has 0 atom stereocenters. The highest BCUT2D eigenvalue weighted by Crippen LogP contribution is 2.28. The fraction of sp³-hybridized carbons (Fsp3) is 0.227. The van der Waals surface area contributed by atoms with E-state index >= 15 is 0 Å². The number of nitrogens with one attached hydrogen (secondary N) is 2. The van der Waals surface area contributed by atoms with E-state index in [9.17, 15) is 18.0 Å². The molecule has 0 spiro atoms. The van der Waals surface area contributed by atoms with Crippen LogP contribution in [0.1, 0.15) is 23.3 Å². The summed E-state index contributed by atoms with van der Waals surface area (Å²) >= 11 is 0. The maximum absolute atomic E-state index is 14.3. The van der Waals surface area contributed by atoms with E-state index in [1.54, 1.807) is 12.3 Å². The molecule has 160 valence electrons. The average molecular weight is 428 g/mol. The number of nitrogens with zero attached hydrogens (tertiary/aromatic N) is 2. The highest BCUT2D eigenvalue weighted by Gasteiger charge is 2.21. The number of hydrogen-bond donors (Lipinski definition) is 2. The van der Waals surface area contributed by atoms with Gasteiger partial charge in [0, 0.05) is 12.3 Å². The Bertz CT molecular complexity index is 1080. The molecule has 1 saturated heterocycles. The Kier molecular flexibility index (Phi) is 6.13. The monoisotopic (exact) mass is 428 g/mol. The number of carbonyl (C=O) groups excluding carboxylic acids is 1. The molecule has 9 heteroatoms. The van der Waals surface area contributed by atoms with E-state index in [1.165, 1.54) is 6.20 Å². The Labute approximate surface area is 176 Å². The van der Waals surface area contributed by atoms with Gasteiger partial charge in [-0.3, -0.25) is 9.78 Å². The van der Waals surface area contributed by atoms with Gasteiger partial charge in [-0.1, -0.05) is 6.07 Å². The van der Waals surface area contributed by atoms with Crippen LogP contribution in [-0.4, -0.2) is 35.1 Å². The first-order valence-corrected chi connectivity index (χ1v) is 9.76. The number of benzene rings is 1. The van der Waals surface area contributed by atoms with Crippen LogP contribution in [0.2, 0.25) is 0 Å². The number of rotatable bonds is 5. The number of piperidine rings is 1. The van der Waals surface area contributed by atoms with E-state index in [4.69, 9.17) is 4.74 Å². The molecule has 0 unspecified atom stereocenters. The van der Waals surface area contributed by atoms with Gasteiger partial charge >= 0.3 is 0 Å². The summed E-state index contributed by atoms with van der Waals surface area (Å²) in [4.78, 5) is 20.6. The number of ether oxygens (including phenoxy) is 1. The van der Waals surface area contributed by atoms with Crippen LogP contribution >= 0.6 is 0 Å². The van der Waals surface area contributed by atoms with Gasteiger partial charge in [0.15, 0.2) is 0 Å². The Balaban J connectivity index is 1.59. The van der Waals surface area contributed by atoms with Gasteiger partial charge in [0.1, 0.15) is 46.4 Å². The number of hydrogen-bond acceptors (Lipinski definition) is 5. The van der Waals surface area contributed by atoms with E-state index in [0.717, 1.165) is 56.3 Å². The molecule has 31 heavy (non-hydrogen) atoms. The lowest BCUT2D eigenvalue weighted by atomic mass is 10.1. The second-order valence-electron chi connectivity index (χ2n) is 7.02. The van der Waals surface area contributed by atoms with Gasteiger partial charge in [-0.2, -0.15) is 0 Å². The minimum atomic E-state index is -0.978. The number of anilines is 1. The second kappa shape index (κ2) is 9.13. The summed E-state index contributed by atoms with van der Waals surface area (Å²) in [6.07, 6.45) is 4.62. The van der Waals surface area contributed by atoms with Crippen LogP contribution in [-0.2, 0) is 0 Å². The van der Waals surface area contributed by atoms with Crippen LogP contribution in [0.3, 0.4) is 0 Å². The van der Waals surface area contributed by atoms with Crippen molar-refractivity contribution >= 4 is 11.6 Å². The lowest BCUT2D eigenvalue weighted by molar-refractivity contribution is 0.102. The predicted octanol–water partition coefficient (Wildman–Crippen LogP) is 3.94. The SMILES string of the molecule is O=C(Nc1cnccc1OC1CCNCC1)c1ccc(F)c(-c2c(F)cccc2F)n1. The van der Waals surface area contributed by atoms with Gasteiger partial charge in [0.2, 0.25) is 0 Å².